The van der Waals surface area contributed by atoms with Crippen LogP contribution in [-0.4, -0.2) is 44.3 Å². The van der Waals surface area contributed by atoms with Crippen LogP contribution in [0.1, 0.15) is 23.6 Å². The molecule has 2 aromatic carbocycles. The minimum atomic E-state index is -0.149. The van der Waals surface area contributed by atoms with Gasteiger partial charge in [0.1, 0.15) is 12.1 Å². The van der Waals surface area contributed by atoms with Gasteiger partial charge in [-0.25, -0.2) is 5.01 Å². The van der Waals surface area contributed by atoms with E-state index >= 15 is 0 Å². The number of aromatic nitrogens is 3. The van der Waals surface area contributed by atoms with Crippen LogP contribution in [0.2, 0.25) is 0 Å². The number of benzene rings is 2. The summed E-state index contributed by atoms with van der Waals surface area (Å²) in [7, 11) is 3.50. The van der Waals surface area contributed by atoms with E-state index < -0.39 is 0 Å². The first kappa shape index (κ1) is 19.2. The first-order valence-corrected chi connectivity index (χ1v) is 10.2. The van der Waals surface area contributed by atoms with Crippen LogP contribution >= 0.6 is 11.8 Å². The highest BCUT2D eigenvalue weighted by Crippen LogP contribution is 2.34. The quantitative estimate of drug-likeness (QED) is 0.586. The number of carbonyl (C=O) groups is 1. The molecule has 7 nitrogen and oxygen atoms in total. The fraction of sp³-hybridized carbons (Fsp3) is 0.238. The maximum absolute atomic E-state index is 13.1. The van der Waals surface area contributed by atoms with Crippen molar-refractivity contribution in [1.29, 1.82) is 0 Å². The summed E-state index contributed by atoms with van der Waals surface area (Å²) in [5, 5.41) is 14.9. The molecule has 0 fully saturated rings. The summed E-state index contributed by atoms with van der Waals surface area (Å²) in [4.78, 5) is 13.1. The van der Waals surface area contributed by atoms with Crippen LogP contribution in [0.25, 0.3) is 0 Å². The largest absolute Gasteiger partial charge is 0.497 e. The molecule has 29 heavy (non-hydrogen) atoms. The second kappa shape index (κ2) is 8.48. The van der Waals surface area contributed by atoms with E-state index in [0.29, 0.717) is 11.6 Å². The van der Waals surface area contributed by atoms with E-state index in [0.717, 1.165) is 22.6 Å². The third-order valence-electron chi connectivity index (χ3n) is 4.77. The lowest BCUT2D eigenvalue weighted by Crippen LogP contribution is -2.28. The van der Waals surface area contributed by atoms with Crippen LogP contribution < -0.4 is 4.74 Å². The molecule has 0 saturated carbocycles. The SMILES string of the molecule is COc1ccc([C@H]2CC(c3ccccc3)=NN2C(=O)CSc2nncn2C)cc1. The molecule has 0 unspecified atom stereocenters. The van der Waals surface area contributed by atoms with Crippen LogP contribution in [-0.2, 0) is 11.8 Å². The number of carbonyl (C=O) groups excluding carboxylic acids is 1. The number of aryl methyl sites for hydroxylation is 1. The monoisotopic (exact) mass is 407 g/mol. The van der Waals surface area contributed by atoms with Crippen molar-refractivity contribution >= 4 is 23.4 Å². The van der Waals surface area contributed by atoms with Gasteiger partial charge in [0.2, 0.25) is 0 Å². The summed E-state index contributed by atoms with van der Waals surface area (Å²) in [6, 6.07) is 17.6. The van der Waals surface area contributed by atoms with Crippen molar-refractivity contribution in [2.75, 3.05) is 12.9 Å². The minimum absolute atomic E-state index is 0.0650. The van der Waals surface area contributed by atoms with Gasteiger partial charge in [0.15, 0.2) is 5.16 Å². The number of rotatable bonds is 6. The standard InChI is InChI=1S/C21H21N5O2S/c1-25-14-22-23-21(25)29-13-20(27)26-19(16-8-10-17(28-2)11-9-16)12-18(24-26)15-6-4-3-5-7-15/h3-11,14,19H,12-13H2,1-2H3/t19-/m1/s1. The molecule has 1 amide bonds. The van der Waals surface area contributed by atoms with Gasteiger partial charge < -0.3 is 9.30 Å². The molecule has 1 aliphatic heterocycles. The molecule has 1 aromatic heterocycles. The highest BCUT2D eigenvalue weighted by Gasteiger charge is 2.33. The lowest BCUT2D eigenvalue weighted by Gasteiger charge is -2.22. The summed E-state index contributed by atoms with van der Waals surface area (Å²) >= 11 is 1.36. The van der Waals surface area contributed by atoms with E-state index in [2.05, 4.69) is 10.2 Å². The first-order valence-electron chi connectivity index (χ1n) is 9.21. The molecule has 2 heterocycles. The topological polar surface area (TPSA) is 72.6 Å². The zero-order valence-corrected chi connectivity index (χ0v) is 17.0. The molecular formula is C21H21N5O2S. The number of methoxy groups -OCH3 is 1. The first-order chi connectivity index (χ1) is 14.2. The Labute approximate surface area is 173 Å². The van der Waals surface area contributed by atoms with E-state index in [9.17, 15) is 4.79 Å². The number of ether oxygens (including phenoxy) is 1. The maximum atomic E-state index is 13.1. The van der Waals surface area contributed by atoms with Crippen LogP contribution in [0.4, 0.5) is 0 Å². The minimum Gasteiger partial charge on any atom is -0.497 e. The number of amides is 1. The molecule has 1 aliphatic rings. The zero-order chi connectivity index (χ0) is 20.2. The van der Waals surface area contributed by atoms with E-state index in [1.807, 2.05) is 61.6 Å². The molecule has 8 heteroatoms. The van der Waals surface area contributed by atoms with Crippen molar-refractivity contribution < 1.29 is 9.53 Å². The molecule has 3 aromatic rings. The van der Waals surface area contributed by atoms with Gasteiger partial charge in [-0.1, -0.05) is 54.2 Å². The van der Waals surface area contributed by atoms with Crippen molar-refractivity contribution in [2.24, 2.45) is 12.1 Å². The number of hydrazone groups is 1. The Kier molecular flexibility index (Phi) is 5.62. The zero-order valence-electron chi connectivity index (χ0n) is 16.2. The third-order valence-corrected chi connectivity index (χ3v) is 5.79. The van der Waals surface area contributed by atoms with Crippen LogP contribution in [0.5, 0.6) is 5.75 Å². The van der Waals surface area contributed by atoms with E-state index in [4.69, 9.17) is 9.84 Å². The highest BCUT2D eigenvalue weighted by atomic mass is 32.2. The Morgan fingerprint density at radius 1 is 1.17 bits per heavy atom. The van der Waals surface area contributed by atoms with Crippen molar-refractivity contribution in [3.8, 4) is 5.75 Å². The van der Waals surface area contributed by atoms with Crippen molar-refractivity contribution in [2.45, 2.75) is 17.6 Å². The molecule has 148 valence electrons. The summed E-state index contributed by atoms with van der Waals surface area (Å²) in [6.07, 6.45) is 2.28. The molecule has 0 radical (unpaired) electrons. The average Bonchev–Trinajstić information content (AvgIpc) is 3.39. The van der Waals surface area contributed by atoms with Gasteiger partial charge in [0, 0.05) is 13.5 Å². The summed E-state index contributed by atoms with van der Waals surface area (Å²) in [5.74, 6) is 0.960. The second-order valence-electron chi connectivity index (χ2n) is 6.66. The summed E-state index contributed by atoms with van der Waals surface area (Å²) < 4.78 is 7.05. The molecule has 0 bridgehead atoms. The fourth-order valence-corrected chi connectivity index (χ4v) is 3.97. The van der Waals surface area contributed by atoms with E-state index in [1.54, 1.807) is 23.0 Å². The Morgan fingerprint density at radius 3 is 2.59 bits per heavy atom. The molecule has 0 aliphatic carbocycles. The van der Waals surface area contributed by atoms with Gasteiger partial charge in [-0.05, 0) is 23.3 Å². The van der Waals surface area contributed by atoms with Crippen LogP contribution in [0.3, 0.4) is 0 Å². The number of nitrogens with zero attached hydrogens (tertiary/aromatic N) is 5. The Hall–Kier alpha value is -3.13. The van der Waals surface area contributed by atoms with E-state index in [-0.39, 0.29) is 17.7 Å². The molecule has 0 saturated heterocycles. The van der Waals surface area contributed by atoms with Crippen molar-refractivity contribution in [3.63, 3.8) is 0 Å². The lowest BCUT2D eigenvalue weighted by molar-refractivity contribution is -0.130. The average molecular weight is 407 g/mol. The predicted molar refractivity (Wildman–Crippen MR) is 112 cm³/mol. The van der Waals surface area contributed by atoms with Gasteiger partial charge in [0.25, 0.3) is 5.91 Å². The van der Waals surface area contributed by atoms with Gasteiger partial charge >= 0.3 is 0 Å². The molecular weight excluding hydrogens is 386 g/mol. The predicted octanol–water partition coefficient (Wildman–Crippen LogP) is 3.29. The molecule has 0 N–H and O–H groups in total. The number of thioether (sulfide) groups is 1. The smallest absolute Gasteiger partial charge is 0.253 e. The van der Waals surface area contributed by atoms with Crippen LogP contribution in [0.15, 0.2) is 71.2 Å². The molecule has 0 spiro atoms. The van der Waals surface area contributed by atoms with E-state index in [1.165, 1.54) is 11.8 Å². The van der Waals surface area contributed by atoms with Crippen molar-refractivity contribution in [3.05, 3.63) is 72.1 Å². The number of hydrogen-bond donors (Lipinski definition) is 0. The normalized spacial score (nSPS) is 16.0. The second-order valence-corrected chi connectivity index (χ2v) is 7.60. The number of hydrogen-bond acceptors (Lipinski definition) is 6. The lowest BCUT2D eigenvalue weighted by atomic mass is 9.98. The Balaban J connectivity index is 1.58. The van der Waals surface area contributed by atoms with Gasteiger partial charge in [-0.2, -0.15) is 5.10 Å². The van der Waals surface area contributed by atoms with Gasteiger partial charge in [-0.15, -0.1) is 10.2 Å². The fourth-order valence-electron chi connectivity index (χ4n) is 3.23. The maximum Gasteiger partial charge on any atom is 0.253 e. The van der Waals surface area contributed by atoms with Gasteiger partial charge in [0.05, 0.1) is 24.6 Å². The Morgan fingerprint density at radius 2 is 1.93 bits per heavy atom. The Bertz CT molecular complexity index is 1020. The highest BCUT2D eigenvalue weighted by molar-refractivity contribution is 7.99. The third kappa shape index (κ3) is 4.17. The van der Waals surface area contributed by atoms with Gasteiger partial charge in [-0.3, -0.25) is 4.79 Å². The molecule has 4 rings (SSSR count). The molecule has 1 atom stereocenters. The summed E-state index contributed by atoms with van der Waals surface area (Å²) in [6.45, 7) is 0. The summed E-state index contributed by atoms with van der Waals surface area (Å²) in [5.41, 5.74) is 2.96. The van der Waals surface area contributed by atoms with Crippen molar-refractivity contribution in [1.82, 2.24) is 19.8 Å². The van der Waals surface area contributed by atoms with Crippen LogP contribution in [0, 0.1) is 0 Å².